The minimum atomic E-state index is -0.457. The van der Waals surface area contributed by atoms with E-state index < -0.39 is 6.10 Å². The van der Waals surface area contributed by atoms with Crippen LogP contribution in [0, 0.1) is 19.7 Å². The highest BCUT2D eigenvalue weighted by molar-refractivity contribution is 5.94. The summed E-state index contributed by atoms with van der Waals surface area (Å²) in [7, 11) is 1.94. The van der Waals surface area contributed by atoms with Crippen molar-refractivity contribution in [1.29, 1.82) is 0 Å². The molecule has 2 atom stereocenters. The number of hydrogen-bond donors (Lipinski definition) is 2. The third-order valence-corrected chi connectivity index (χ3v) is 7.69. The minimum absolute atomic E-state index is 0.0789. The molecule has 8 heteroatoms. The molecule has 35 heavy (non-hydrogen) atoms. The van der Waals surface area contributed by atoms with Crippen LogP contribution in [0.1, 0.15) is 43.0 Å². The molecule has 7 nitrogen and oxygen atoms in total. The number of hydrogen-bond acceptors (Lipinski definition) is 6. The summed E-state index contributed by atoms with van der Waals surface area (Å²) in [6.45, 7) is 8.84. The van der Waals surface area contributed by atoms with Gasteiger partial charge in [0.15, 0.2) is 0 Å². The molecule has 2 aliphatic rings. The van der Waals surface area contributed by atoms with Crippen molar-refractivity contribution in [2.75, 3.05) is 31.2 Å². The SMILES string of the molecule is CCc1cc(F)c2nc(N3CCC(N[C@@H]4CCOC[C@H]4O)CC3)c(-c3cc(C)n(C)n3)c(C)c2c1. The van der Waals surface area contributed by atoms with Gasteiger partial charge in [0.1, 0.15) is 17.2 Å². The van der Waals surface area contributed by atoms with Gasteiger partial charge in [0.05, 0.1) is 18.4 Å². The Kier molecular flexibility index (Phi) is 6.79. The number of rotatable bonds is 5. The van der Waals surface area contributed by atoms with E-state index >= 15 is 4.39 Å². The highest BCUT2D eigenvalue weighted by atomic mass is 19.1. The van der Waals surface area contributed by atoms with E-state index in [2.05, 4.69) is 29.3 Å². The average molecular weight is 482 g/mol. The van der Waals surface area contributed by atoms with Crippen molar-refractivity contribution >= 4 is 16.7 Å². The van der Waals surface area contributed by atoms with Crippen LogP contribution in [0.2, 0.25) is 0 Å². The van der Waals surface area contributed by atoms with Crippen LogP contribution in [0.3, 0.4) is 0 Å². The first-order valence-electron chi connectivity index (χ1n) is 12.8. The van der Waals surface area contributed by atoms with Gasteiger partial charge in [0.25, 0.3) is 0 Å². The standard InChI is InChI=1S/C27H36FN5O2/c1-5-18-13-20-17(3)25(23-12-16(2)32(4)31-23)27(30-26(20)21(28)14-18)33-9-6-19(7-10-33)29-22-8-11-35-15-24(22)34/h12-14,19,22,24,29,34H,5-11,15H2,1-4H3/t22-,24-/m1/s1. The molecule has 5 rings (SSSR count). The zero-order valence-corrected chi connectivity index (χ0v) is 21.1. The van der Waals surface area contributed by atoms with Crippen LogP contribution < -0.4 is 10.2 Å². The number of piperidine rings is 1. The topological polar surface area (TPSA) is 75.4 Å². The summed E-state index contributed by atoms with van der Waals surface area (Å²) in [5.74, 6) is 0.540. The Bertz CT molecular complexity index is 1200. The van der Waals surface area contributed by atoms with Crippen LogP contribution in [0.15, 0.2) is 18.2 Å². The minimum Gasteiger partial charge on any atom is -0.389 e. The molecule has 2 fully saturated rings. The summed E-state index contributed by atoms with van der Waals surface area (Å²) < 4.78 is 22.4. The third kappa shape index (κ3) is 4.67. The predicted octanol–water partition coefficient (Wildman–Crippen LogP) is 3.66. The first kappa shape index (κ1) is 24.2. The van der Waals surface area contributed by atoms with Gasteiger partial charge in [0, 0.05) is 55.5 Å². The van der Waals surface area contributed by atoms with Gasteiger partial charge in [-0.1, -0.05) is 6.92 Å². The lowest BCUT2D eigenvalue weighted by atomic mass is 9.96. The van der Waals surface area contributed by atoms with Gasteiger partial charge >= 0.3 is 0 Å². The fourth-order valence-electron chi connectivity index (χ4n) is 5.42. The molecule has 0 bridgehead atoms. The van der Waals surface area contributed by atoms with Gasteiger partial charge in [-0.25, -0.2) is 9.37 Å². The lowest BCUT2D eigenvalue weighted by molar-refractivity contribution is -0.0309. The number of halogens is 1. The van der Waals surface area contributed by atoms with Crippen LogP contribution in [0.5, 0.6) is 0 Å². The Morgan fingerprint density at radius 3 is 2.60 bits per heavy atom. The number of aryl methyl sites for hydroxylation is 4. The van der Waals surface area contributed by atoms with Crippen LogP contribution in [-0.2, 0) is 18.2 Å². The summed E-state index contributed by atoms with van der Waals surface area (Å²) in [5, 5.41) is 19.5. The lowest BCUT2D eigenvalue weighted by Gasteiger charge is -2.38. The number of pyridine rings is 1. The number of aromatic nitrogens is 3. The van der Waals surface area contributed by atoms with Crippen LogP contribution >= 0.6 is 0 Å². The number of nitrogens with zero attached hydrogens (tertiary/aromatic N) is 4. The van der Waals surface area contributed by atoms with Gasteiger partial charge in [-0.3, -0.25) is 4.68 Å². The van der Waals surface area contributed by atoms with Crippen molar-refractivity contribution in [3.63, 3.8) is 0 Å². The van der Waals surface area contributed by atoms with Gasteiger partial charge in [-0.2, -0.15) is 5.10 Å². The molecule has 0 radical (unpaired) electrons. The number of aliphatic hydroxyl groups excluding tert-OH is 1. The van der Waals surface area contributed by atoms with Gasteiger partial charge in [0.2, 0.25) is 0 Å². The molecular weight excluding hydrogens is 445 g/mol. The van der Waals surface area contributed by atoms with E-state index in [0.29, 0.717) is 24.8 Å². The molecule has 0 spiro atoms. The Balaban J connectivity index is 1.49. The number of fused-ring (bicyclic) bond motifs is 1. The molecule has 2 aromatic heterocycles. The van der Waals surface area contributed by atoms with Gasteiger partial charge in [-0.15, -0.1) is 0 Å². The summed E-state index contributed by atoms with van der Waals surface area (Å²) in [4.78, 5) is 7.20. The van der Waals surface area contributed by atoms with Crippen LogP contribution in [0.25, 0.3) is 22.2 Å². The Morgan fingerprint density at radius 2 is 1.94 bits per heavy atom. The maximum absolute atomic E-state index is 15.2. The highest BCUT2D eigenvalue weighted by Crippen LogP contribution is 2.38. The van der Waals surface area contributed by atoms with E-state index in [1.807, 2.05) is 25.6 Å². The molecule has 3 aromatic rings. The molecule has 0 unspecified atom stereocenters. The van der Waals surface area contributed by atoms with Gasteiger partial charge < -0.3 is 20.1 Å². The molecule has 0 saturated carbocycles. The molecule has 2 N–H and O–H groups in total. The largest absolute Gasteiger partial charge is 0.389 e. The zero-order valence-electron chi connectivity index (χ0n) is 21.1. The van der Waals surface area contributed by atoms with Crippen molar-refractivity contribution in [2.24, 2.45) is 7.05 Å². The van der Waals surface area contributed by atoms with Crippen molar-refractivity contribution < 1.29 is 14.2 Å². The van der Waals surface area contributed by atoms with Crippen molar-refractivity contribution in [3.8, 4) is 11.3 Å². The molecular formula is C27H36FN5O2. The fourth-order valence-corrected chi connectivity index (χ4v) is 5.42. The smallest absolute Gasteiger partial charge is 0.149 e. The monoisotopic (exact) mass is 481 g/mol. The number of benzene rings is 1. The molecule has 188 valence electrons. The second-order valence-electron chi connectivity index (χ2n) is 10.0. The van der Waals surface area contributed by atoms with E-state index in [9.17, 15) is 5.11 Å². The average Bonchev–Trinajstić information content (AvgIpc) is 3.18. The van der Waals surface area contributed by atoms with Crippen LogP contribution in [-0.4, -0.2) is 64.4 Å². The first-order chi connectivity index (χ1) is 16.9. The number of nitrogens with one attached hydrogen (secondary N) is 1. The number of ether oxygens (including phenoxy) is 1. The summed E-state index contributed by atoms with van der Waals surface area (Å²) in [6, 6.07) is 6.17. The summed E-state index contributed by atoms with van der Waals surface area (Å²) >= 11 is 0. The number of anilines is 1. The van der Waals surface area contributed by atoms with Crippen molar-refractivity contribution in [3.05, 3.63) is 40.8 Å². The third-order valence-electron chi connectivity index (χ3n) is 7.69. The normalized spacial score (nSPS) is 21.7. The maximum atomic E-state index is 15.2. The number of aliphatic hydroxyl groups is 1. The molecule has 0 aliphatic carbocycles. The highest BCUT2D eigenvalue weighted by Gasteiger charge is 2.30. The second kappa shape index (κ2) is 9.84. The maximum Gasteiger partial charge on any atom is 0.149 e. The first-order valence-corrected chi connectivity index (χ1v) is 12.8. The molecule has 4 heterocycles. The zero-order chi connectivity index (χ0) is 24.7. The molecule has 2 saturated heterocycles. The predicted molar refractivity (Wildman–Crippen MR) is 136 cm³/mol. The van der Waals surface area contributed by atoms with Crippen molar-refractivity contribution in [1.82, 2.24) is 20.1 Å². The van der Waals surface area contributed by atoms with E-state index in [4.69, 9.17) is 14.8 Å². The quantitative estimate of drug-likeness (QED) is 0.579. The fraction of sp³-hybridized carbons (Fsp3) is 0.556. The second-order valence-corrected chi connectivity index (χ2v) is 10.0. The lowest BCUT2D eigenvalue weighted by Crippen LogP contribution is -2.53. The van der Waals surface area contributed by atoms with E-state index in [1.54, 1.807) is 6.07 Å². The molecule has 2 aliphatic heterocycles. The van der Waals surface area contributed by atoms with Crippen LogP contribution in [0.4, 0.5) is 10.2 Å². The molecule has 1 aromatic carbocycles. The van der Waals surface area contributed by atoms with E-state index in [-0.39, 0.29) is 11.9 Å². The van der Waals surface area contributed by atoms with Crippen molar-refractivity contribution in [2.45, 2.75) is 64.6 Å². The van der Waals surface area contributed by atoms with E-state index in [1.165, 1.54) is 0 Å². The Morgan fingerprint density at radius 1 is 1.17 bits per heavy atom. The van der Waals surface area contributed by atoms with Gasteiger partial charge in [-0.05, 0) is 68.9 Å². The van der Waals surface area contributed by atoms with E-state index in [0.717, 1.165) is 78.1 Å². The Hall–Kier alpha value is -2.55. The summed E-state index contributed by atoms with van der Waals surface area (Å²) in [6.07, 6.45) is 3.01. The Labute approximate surface area is 206 Å². The molecule has 0 amide bonds. The summed E-state index contributed by atoms with van der Waals surface area (Å²) in [5.41, 5.74) is 5.34.